The zero-order valence-corrected chi connectivity index (χ0v) is 17.6. The highest BCUT2D eigenvalue weighted by Gasteiger charge is 2.26. The van der Waals surface area contributed by atoms with Crippen molar-refractivity contribution < 1.29 is 17.9 Å². The van der Waals surface area contributed by atoms with Gasteiger partial charge in [0.25, 0.3) is 5.91 Å². The summed E-state index contributed by atoms with van der Waals surface area (Å²) in [6, 6.07) is 8.76. The minimum Gasteiger partial charge on any atom is -0.495 e. The molecule has 0 fully saturated rings. The quantitative estimate of drug-likeness (QED) is 0.738. The molecule has 2 aromatic rings. The molecule has 0 bridgehead atoms. The van der Waals surface area contributed by atoms with Crippen LogP contribution in [0.2, 0.25) is 10.0 Å². The summed E-state index contributed by atoms with van der Waals surface area (Å²) in [5.41, 5.74) is -0.161. The van der Waals surface area contributed by atoms with E-state index in [0.29, 0.717) is 15.7 Å². The predicted octanol–water partition coefficient (Wildman–Crippen LogP) is 4.33. The van der Waals surface area contributed by atoms with Gasteiger partial charge in [-0.25, -0.2) is 13.1 Å². The largest absolute Gasteiger partial charge is 0.495 e. The Morgan fingerprint density at radius 1 is 1.04 bits per heavy atom. The van der Waals surface area contributed by atoms with Gasteiger partial charge in [-0.05, 0) is 57.2 Å². The molecule has 0 radical (unpaired) electrons. The number of carbonyl (C=O) groups is 1. The van der Waals surface area contributed by atoms with Crippen LogP contribution in [-0.2, 0) is 10.0 Å². The molecule has 6 nitrogen and oxygen atoms in total. The Balaban J connectivity index is 2.40. The standard InChI is InChI=1S/C18H20Cl2N2O4S/c1-18(2,3)22-27(24,25)16-7-11(5-6-15(16)26-4)17(23)21-14-9-12(19)8-13(20)10-14/h5-10,22H,1-4H3,(H,21,23). The van der Waals surface area contributed by atoms with Crippen molar-refractivity contribution in [2.24, 2.45) is 0 Å². The van der Waals surface area contributed by atoms with E-state index in [2.05, 4.69) is 10.0 Å². The molecule has 2 rings (SSSR count). The van der Waals surface area contributed by atoms with Crippen molar-refractivity contribution in [2.45, 2.75) is 31.2 Å². The number of carbonyl (C=O) groups excluding carboxylic acids is 1. The highest BCUT2D eigenvalue weighted by Crippen LogP contribution is 2.27. The third-order valence-corrected chi connectivity index (χ3v) is 5.49. The van der Waals surface area contributed by atoms with Crippen LogP contribution in [-0.4, -0.2) is 27.0 Å². The summed E-state index contributed by atoms with van der Waals surface area (Å²) >= 11 is 11.9. The molecule has 0 aliphatic carbocycles. The molecule has 0 aliphatic heterocycles. The number of methoxy groups -OCH3 is 1. The van der Waals surface area contributed by atoms with E-state index in [9.17, 15) is 13.2 Å². The number of anilines is 1. The van der Waals surface area contributed by atoms with Gasteiger partial charge in [-0.15, -0.1) is 0 Å². The van der Waals surface area contributed by atoms with Crippen molar-refractivity contribution in [2.75, 3.05) is 12.4 Å². The Labute approximate surface area is 168 Å². The first kappa shape index (κ1) is 21.5. The van der Waals surface area contributed by atoms with Gasteiger partial charge in [0.2, 0.25) is 10.0 Å². The Kier molecular flexibility index (Phi) is 6.42. The van der Waals surface area contributed by atoms with Crippen LogP contribution in [0.3, 0.4) is 0 Å². The summed E-state index contributed by atoms with van der Waals surface area (Å²) < 4.78 is 33.1. The first-order chi connectivity index (χ1) is 12.4. The van der Waals surface area contributed by atoms with E-state index < -0.39 is 21.5 Å². The molecule has 0 aliphatic rings. The van der Waals surface area contributed by atoms with Crippen LogP contribution >= 0.6 is 23.2 Å². The smallest absolute Gasteiger partial charge is 0.255 e. The molecule has 0 saturated heterocycles. The van der Waals surface area contributed by atoms with E-state index in [1.165, 1.54) is 43.5 Å². The Bertz CT molecular complexity index is 950. The zero-order valence-electron chi connectivity index (χ0n) is 15.3. The fourth-order valence-electron chi connectivity index (χ4n) is 2.32. The van der Waals surface area contributed by atoms with E-state index >= 15 is 0 Å². The molecule has 0 heterocycles. The highest BCUT2D eigenvalue weighted by molar-refractivity contribution is 7.89. The lowest BCUT2D eigenvalue weighted by Crippen LogP contribution is -2.40. The molecule has 27 heavy (non-hydrogen) atoms. The summed E-state index contributed by atoms with van der Waals surface area (Å²) in [5, 5.41) is 3.37. The molecule has 1 amide bonds. The topological polar surface area (TPSA) is 84.5 Å². The first-order valence-corrected chi connectivity index (χ1v) is 10.1. The lowest BCUT2D eigenvalue weighted by molar-refractivity contribution is 0.102. The van der Waals surface area contributed by atoms with Crippen LogP contribution in [0.25, 0.3) is 0 Å². The molecule has 0 atom stereocenters. The van der Waals surface area contributed by atoms with Crippen LogP contribution in [0.15, 0.2) is 41.3 Å². The normalized spacial score (nSPS) is 11.9. The maximum Gasteiger partial charge on any atom is 0.255 e. The summed E-state index contributed by atoms with van der Waals surface area (Å²) in [6.45, 7) is 5.16. The second-order valence-corrected chi connectivity index (χ2v) is 9.36. The molecular formula is C18H20Cl2N2O4S. The number of halogens is 2. The van der Waals surface area contributed by atoms with Gasteiger partial charge >= 0.3 is 0 Å². The van der Waals surface area contributed by atoms with Crippen molar-refractivity contribution in [1.82, 2.24) is 4.72 Å². The van der Waals surface area contributed by atoms with Gasteiger partial charge in [0.05, 0.1) is 7.11 Å². The monoisotopic (exact) mass is 430 g/mol. The maximum absolute atomic E-state index is 12.7. The minimum atomic E-state index is -3.90. The van der Waals surface area contributed by atoms with Crippen molar-refractivity contribution in [1.29, 1.82) is 0 Å². The van der Waals surface area contributed by atoms with E-state index in [1.54, 1.807) is 20.8 Å². The van der Waals surface area contributed by atoms with E-state index in [4.69, 9.17) is 27.9 Å². The number of hydrogen-bond donors (Lipinski definition) is 2. The van der Waals surface area contributed by atoms with Gasteiger partial charge in [-0.3, -0.25) is 4.79 Å². The Morgan fingerprint density at radius 3 is 2.15 bits per heavy atom. The fraction of sp³-hybridized carbons (Fsp3) is 0.278. The average molecular weight is 431 g/mol. The summed E-state index contributed by atoms with van der Waals surface area (Å²) in [6.07, 6.45) is 0. The zero-order chi connectivity index (χ0) is 20.4. The van der Waals surface area contributed by atoms with Gasteiger partial charge in [-0.2, -0.15) is 0 Å². The third kappa shape index (κ3) is 5.84. The highest BCUT2D eigenvalue weighted by atomic mass is 35.5. The molecule has 2 aromatic carbocycles. The molecule has 0 saturated carbocycles. The molecule has 0 aromatic heterocycles. The van der Waals surface area contributed by atoms with Crippen molar-refractivity contribution in [3.8, 4) is 5.75 Å². The number of nitrogens with one attached hydrogen (secondary N) is 2. The molecule has 146 valence electrons. The lowest BCUT2D eigenvalue weighted by Gasteiger charge is -2.21. The number of ether oxygens (including phenoxy) is 1. The molecule has 2 N–H and O–H groups in total. The number of rotatable bonds is 5. The third-order valence-electron chi connectivity index (χ3n) is 3.28. The second kappa shape index (κ2) is 8.06. The molecule has 0 spiro atoms. The minimum absolute atomic E-state index is 0.128. The van der Waals surface area contributed by atoms with Crippen LogP contribution in [0.4, 0.5) is 5.69 Å². The van der Waals surface area contributed by atoms with E-state index in [1.807, 2.05) is 0 Å². The predicted molar refractivity (Wildman–Crippen MR) is 107 cm³/mol. The number of amides is 1. The van der Waals surface area contributed by atoms with Crippen molar-refractivity contribution in [3.63, 3.8) is 0 Å². The number of sulfonamides is 1. The van der Waals surface area contributed by atoms with Gasteiger partial charge in [-0.1, -0.05) is 23.2 Å². The maximum atomic E-state index is 12.7. The fourth-order valence-corrected chi connectivity index (χ4v) is 4.46. The Morgan fingerprint density at radius 2 is 1.63 bits per heavy atom. The van der Waals surface area contributed by atoms with E-state index in [-0.39, 0.29) is 16.2 Å². The van der Waals surface area contributed by atoms with Crippen LogP contribution < -0.4 is 14.8 Å². The van der Waals surface area contributed by atoms with Gasteiger partial charge in [0, 0.05) is 26.8 Å². The van der Waals surface area contributed by atoms with Crippen molar-refractivity contribution in [3.05, 3.63) is 52.0 Å². The number of hydrogen-bond acceptors (Lipinski definition) is 4. The Hall–Kier alpha value is -1.80. The van der Waals surface area contributed by atoms with Crippen molar-refractivity contribution >= 4 is 44.8 Å². The van der Waals surface area contributed by atoms with E-state index in [0.717, 1.165) is 0 Å². The summed E-state index contributed by atoms with van der Waals surface area (Å²) in [5.74, 6) is -0.378. The lowest BCUT2D eigenvalue weighted by atomic mass is 10.1. The number of benzene rings is 2. The molecule has 9 heteroatoms. The molecular weight excluding hydrogens is 411 g/mol. The second-order valence-electron chi connectivity index (χ2n) is 6.83. The van der Waals surface area contributed by atoms with Crippen LogP contribution in [0, 0.1) is 0 Å². The summed E-state index contributed by atoms with van der Waals surface area (Å²) in [7, 11) is -2.54. The molecule has 0 unspecified atom stereocenters. The average Bonchev–Trinajstić information content (AvgIpc) is 2.51. The van der Waals surface area contributed by atoms with Gasteiger partial charge in [0.1, 0.15) is 10.6 Å². The van der Waals surface area contributed by atoms with Gasteiger partial charge < -0.3 is 10.1 Å². The SMILES string of the molecule is COc1ccc(C(=O)Nc2cc(Cl)cc(Cl)c2)cc1S(=O)(=O)NC(C)(C)C. The van der Waals surface area contributed by atoms with Crippen LogP contribution in [0.5, 0.6) is 5.75 Å². The first-order valence-electron chi connectivity index (χ1n) is 7.91. The van der Waals surface area contributed by atoms with Gasteiger partial charge in [0.15, 0.2) is 0 Å². The van der Waals surface area contributed by atoms with Crippen LogP contribution in [0.1, 0.15) is 31.1 Å². The summed E-state index contributed by atoms with van der Waals surface area (Å²) in [4.78, 5) is 12.4.